The van der Waals surface area contributed by atoms with Crippen molar-refractivity contribution in [3.8, 4) is 5.88 Å². The van der Waals surface area contributed by atoms with Gasteiger partial charge in [-0.1, -0.05) is 22.0 Å². The lowest BCUT2D eigenvalue weighted by molar-refractivity contribution is 0.279. The Morgan fingerprint density at radius 2 is 1.87 bits per heavy atom. The van der Waals surface area contributed by atoms with Crippen LogP contribution < -0.4 is 10.1 Å². The highest BCUT2D eigenvalue weighted by molar-refractivity contribution is 9.10. The average Bonchev–Trinajstić information content (AvgIpc) is 2.55. The van der Waals surface area contributed by atoms with Crippen molar-refractivity contribution in [3.05, 3.63) is 57.7 Å². The fourth-order valence-electron chi connectivity index (χ4n) is 2.71. The van der Waals surface area contributed by atoms with Gasteiger partial charge in [0.2, 0.25) is 5.88 Å². The van der Waals surface area contributed by atoms with Crippen molar-refractivity contribution >= 4 is 15.9 Å². The van der Waals surface area contributed by atoms with Gasteiger partial charge >= 0.3 is 0 Å². The van der Waals surface area contributed by atoms with E-state index < -0.39 is 11.6 Å². The van der Waals surface area contributed by atoms with Gasteiger partial charge in [-0.25, -0.2) is 13.8 Å². The van der Waals surface area contributed by atoms with Gasteiger partial charge in [0.15, 0.2) is 0 Å². The maximum atomic E-state index is 13.8. The van der Waals surface area contributed by atoms with Crippen LogP contribution in [0.25, 0.3) is 0 Å². The third-order valence-corrected chi connectivity index (χ3v) is 4.43. The highest BCUT2D eigenvalue weighted by Crippen LogP contribution is 2.26. The number of hydrogen-bond donors (Lipinski definition) is 1. The Hall–Kier alpha value is -1.53. The van der Waals surface area contributed by atoms with Crippen LogP contribution in [0.3, 0.4) is 0 Å². The Bertz CT molecular complexity index is 667. The van der Waals surface area contributed by atoms with Gasteiger partial charge in [0.25, 0.3) is 0 Å². The zero-order valence-corrected chi connectivity index (χ0v) is 14.1. The van der Waals surface area contributed by atoms with Crippen LogP contribution >= 0.6 is 15.9 Å². The predicted molar refractivity (Wildman–Crippen MR) is 87.5 cm³/mol. The number of halogens is 3. The summed E-state index contributed by atoms with van der Waals surface area (Å²) in [7, 11) is 0. The molecular formula is C17H17BrF2N2O. The van der Waals surface area contributed by atoms with Gasteiger partial charge in [0.05, 0.1) is 5.56 Å². The molecule has 122 valence electrons. The summed E-state index contributed by atoms with van der Waals surface area (Å²) in [6, 6.07) is 8.00. The second kappa shape index (κ2) is 7.36. The summed E-state index contributed by atoms with van der Waals surface area (Å²) in [5.74, 6) is -0.471. The lowest BCUT2D eigenvalue weighted by Crippen LogP contribution is -2.27. The summed E-state index contributed by atoms with van der Waals surface area (Å²) >= 11 is 3.06. The lowest BCUT2D eigenvalue weighted by Gasteiger charge is -2.22. The van der Waals surface area contributed by atoms with Crippen LogP contribution in [0.5, 0.6) is 5.88 Å². The van der Waals surface area contributed by atoms with Crippen molar-refractivity contribution in [2.45, 2.75) is 25.4 Å². The molecule has 2 heterocycles. The summed E-state index contributed by atoms with van der Waals surface area (Å²) in [5.41, 5.74) is 0.878. The third-order valence-electron chi connectivity index (χ3n) is 3.97. The number of pyridine rings is 1. The predicted octanol–water partition coefficient (Wildman–Crippen LogP) is 4.17. The SMILES string of the molecule is Fc1cc(Br)cc(F)c1COc1cccc(C2CCNCC2)n1. The normalized spacial score (nSPS) is 15.6. The molecule has 0 radical (unpaired) electrons. The van der Waals surface area contributed by atoms with Gasteiger partial charge < -0.3 is 10.1 Å². The molecule has 1 aromatic carbocycles. The molecule has 0 saturated carbocycles. The van der Waals surface area contributed by atoms with Crippen LogP contribution in [0.15, 0.2) is 34.8 Å². The molecule has 0 atom stereocenters. The molecular weight excluding hydrogens is 366 g/mol. The highest BCUT2D eigenvalue weighted by atomic mass is 79.9. The zero-order chi connectivity index (χ0) is 16.2. The molecule has 0 spiro atoms. The number of ether oxygens (including phenoxy) is 1. The van der Waals surface area contributed by atoms with E-state index in [-0.39, 0.29) is 12.2 Å². The Labute approximate surface area is 142 Å². The lowest BCUT2D eigenvalue weighted by atomic mass is 9.94. The van der Waals surface area contributed by atoms with E-state index in [1.807, 2.05) is 12.1 Å². The van der Waals surface area contributed by atoms with Gasteiger partial charge in [-0.3, -0.25) is 0 Å². The van der Waals surface area contributed by atoms with E-state index in [0.717, 1.165) is 31.6 Å². The first kappa shape index (κ1) is 16.3. The minimum atomic E-state index is -0.633. The summed E-state index contributed by atoms with van der Waals surface area (Å²) in [6.45, 7) is 1.77. The fraction of sp³-hybridized carbons (Fsp3) is 0.353. The molecule has 1 N–H and O–H groups in total. The van der Waals surface area contributed by atoms with E-state index in [4.69, 9.17) is 4.74 Å². The zero-order valence-electron chi connectivity index (χ0n) is 12.5. The summed E-state index contributed by atoms with van der Waals surface area (Å²) in [5, 5.41) is 3.32. The average molecular weight is 383 g/mol. The van der Waals surface area contributed by atoms with E-state index in [0.29, 0.717) is 16.3 Å². The van der Waals surface area contributed by atoms with Crippen LogP contribution in [-0.4, -0.2) is 18.1 Å². The Morgan fingerprint density at radius 3 is 2.57 bits per heavy atom. The number of nitrogens with zero attached hydrogens (tertiary/aromatic N) is 1. The first-order chi connectivity index (χ1) is 11.1. The van der Waals surface area contributed by atoms with Crippen molar-refractivity contribution in [2.24, 2.45) is 0 Å². The van der Waals surface area contributed by atoms with Crippen LogP contribution in [-0.2, 0) is 6.61 Å². The number of benzene rings is 1. The summed E-state index contributed by atoms with van der Waals surface area (Å²) < 4.78 is 33.5. The van der Waals surface area contributed by atoms with Gasteiger partial charge in [-0.15, -0.1) is 0 Å². The molecule has 6 heteroatoms. The van der Waals surface area contributed by atoms with E-state index in [9.17, 15) is 8.78 Å². The molecule has 0 unspecified atom stereocenters. The highest BCUT2D eigenvalue weighted by Gasteiger charge is 2.17. The van der Waals surface area contributed by atoms with Crippen molar-refractivity contribution in [3.63, 3.8) is 0 Å². The molecule has 1 aromatic heterocycles. The smallest absolute Gasteiger partial charge is 0.213 e. The molecule has 0 aliphatic carbocycles. The van der Waals surface area contributed by atoms with E-state index >= 15 is 0 Å². The molecule has 1 fully saturated rings. The maximum Gasteiger partial charge on any atom is 0.213 e. The monoisotopic (exact) mass is 382 g/mol. The van der Waals surface area contributed by atoms with Crippen LogP contribution in [0.4, 0.5) is 8.78 Å². The number of hydrogen-bond acceptors (Lipinski definition) is 3. The first-order valence-electron chi connectivity index (χ1n) is 7.57. The first-order valence-corrected chi connectivity index (χ1v) is 8.36. The molecule has 1 aliphatic rings. The van der Waals surface area contributed by atoms with Gasteiger partial charge in [-0.2, -0.15) is 0 Å². The van der Waals surface area contributed by atoms with Gasteiger partial charge in [0, 0.05) is 22.2 Å². The second-order valence-electron chi connectivity index (χ2n) is 5.56. The molecule has 1 saturated heterocycles. The van der Waals surface area contributed by atoms with E-state index in [1.54, 1.807) is 6.07 Å². The van der Waals surface area contributed by atoms with Crippen molar-refractivity contribution in [1.29, 1.82) is 0 Å². The summed E-state index contributed by atoms with van der Waals surface area (Å²) in [6.07, 6.45) is 2.07. The molecule has 0 amide bonds. The number of aromatic nitrogens is 1. The quantitative estimate of drug-likeness (QED) is 0.861. The van der Waals surface area contributed by atoms with Crippen LogP contribution in [0.1, 0.15) is 30.0 Å². The third kappa shape index (κ3) is 4.06. The minimum absolute atomic E-state index is 0.0951. The molecule has 1 aliphatic heterocycles. The van der Waals surface area contributed by atoms with Gasteiger partial charge in [0.1, 0.15) is 18.2 Å². The largest absolute Gasteiger partial charge is 0.473 e. The Balaban J connectivity index is 1.71. The fourth-order valence-corrected chi connectivity index (χ4v) is 3.11. The van der Waals surface area contributed by atoms with E-state index in [1.165, 1.54) is 12.1 Å². The van der Waals surface area contributed by atoms with E-state index in [2.05, 4.69) is 26.2 Å². The molecule has 2 aromatic rings. The molecule has 23 heavy (non-hydrogen) atoms. The van der Waals surface area contributed by atoms with Crippen molar-refractivity contribution in [1.82, 2.24) is 10.3 Å². The number of nitrogens with one attached hydrogen (secondary N) is 1. The number of piperidine rings is 1. The Kier molecular flexibility index (Phi) is 5.23. The minimum Gasteiger partial charge on any atom is -0.473 e. The molecule has 0 bridgehead atoms. The van der Waals surface area contributed by atoms with Gasteiger partial charge in [-0.05, 0) is 44.1 Å². The maximum absolute atomic E-state index is 13.8. The van der Waals surface area contributed by atoms with Crippen LogP contribution in [0, 0.1) is 11.6 Å². The summed E-state index contributed by atoms with van der Waals surface area (Å²) in [4.78, 5) is 4.48. The second-order valence-corrected chi connectivity index (χ2v) is 6.48. The molecule has 3 nitrogen and oxygen atoms in total. The molecule has 3 rings (SSSR count). The standard InChI is InChI=1S/C17H17BrF2N2O/c18-12-8-14(19)13(15(20)9-12)10-23-17-3-1-2-16(22-17)11-4-6-21-7-5-11/h1-3,8-9,11,21H,4-7,10H2. The Morgan fingerprint density at radius 1 is 1.17 bits per heavy atom. The van der Waals surface area contributed by atoms with Crippen LogP contribution in [0.2, 0.25) is 0 Å². The topological polar surface area (TPSA) is 34.1 Å². The van der Waals surface area contributed by atoms with Crippen molar-refractivity contribution in [2.75, 3.05) is 13.1 Å². The van der Waals surface area contributed by atoms with Crippen molar-refractivity contribution < 1.29 is 13.5 Å². The number of rotatable bonds is 4.